The molecular weight excluding hydrogens is 342 g/mol. The highest BCUT2D eigenvalue weighted by atomic mass is 19.1. The van der Waals surface area contributed by atoms with Gasteiger partial charge in [0.2, 0.25) is 5.95 Å². The molecule has 0 unspecified atom stereocenters. The van der Waals surface area contributed by atoms with Gasteiger partial charge in [-0.15, -0.1) is 0 Å². The Labute approximate surface area is 148 Å². The van der Waals surface area contributed by atoms with E-state index in [1.807, 2.05) is 13.0 Å². The van der Waals surface area contributed by atoms with Crippen LogP contribution in [0.4, 0.5) is 20.4 Å². The number of nitrogens with zero attached hydrogens (tertiary/aromatic N) is 3. The summed E-state index contributed by atoms with van der Waals surface area (Å²) >= 11 is 0. The van der Waals surface area contributed by atoms with Gasteiger partial charge in [0.05, 0.1) is 13.7 Å². The van der Waals surface area contributed by atoms with E-state index in [-0.39, 0.29) is 12.5 Å². The average molecular weight is 358 g/mol. The van der Waals surface area contributed by atoms with E-state index in [0.29, 0.717) is 17.0 Å². The molecule has 0 aliphatic rings. The van der Waals surface area contributed by atoms with Gasteiger partial charge in [-0.2, -0.15) is 10.1 Å². The fraction of sp³-hybridized carbons (Fsp3) is 0.167. The maximum atomic E-state index is 13.4. The Morgan fingerprint density at radius 2 is 1.88 bits per heavy atom. The smallest absolute Gasteiger partial charge is 0.293 e. The van der Waals surface area contributed by atoms with Crippen LogP contribution in [-0.2, 0) is 6.54 Å². The molecule has 2 aromatic carbocycles. The van der Waals surface area contributed by atoms with E-state index in [1.165, 1.54) is 16.8 Å². The summed E-state index contributed by atoms with van der Waals surface area (Å²) in [5.41, 5.74) is 1.39. The second kappa shape index (κ2) is 7.30. The number of anilines is 2. The van der Waals surface area contributed by atoms with E-state index in [0.717, 1.165) is 17.8 Å². The van der Waals surface area contributed by atoms with Crippen molar-refractivity contribution < 1.29 is 13.5 Å². The summed E-state index contributed by atoms with van der Waals surface area (Å²) in [4.78, 5) is 15.5. The lowest BCUT2D eigenvalue weighted by Crippen LogP contribution is -2.19. The molecule has 134 valence electrons. The summed E-state index contributed by atoms with van der Waals surface area (Å²) in [6.45, 7) is 1.91. The van der Waals surface area contributed by atoms with Crippen molar-refractivity contribution in [3.05, 3.63) is 75.7 Å². The van der Waals surface area contributed by atoms with Crippen LogP contribution in [0, 0.1) is 18.6 Å². The third-order valence-corrected chi connectivity index (χ3v) is 3.70. The third-order valence-electron chi connectivity index (χ3n) is 3.70. The number of aryl methyl sites for hydroxylation is 1. The minimum absolute atomic E-state index is 0.0412. The number of hydrogen-bond donors (Lipinski definition) is 1. The van der Waals surface area contributed by atoms with Crippen molar-refractivity contribution in [1.82, 2.24) is 14.8 Å². The van der Waals surface area contributed by atoms with Crippen molar-refractivity contribution in [2.45, 2.75) is 13.5 Å². The molecule has 0 aliphatic carbocycles. The summed E-state index contributed by atoms with van der Waals surface area (Å²) in [5.74, 6) is -0.515. The van der Waals surface area contributed by atoms with Crippen LogP contribution in [0.5, 0.6) is 5.75 Å². The summed E-state index contributed by atoms with van der Waals surface area (Å²) < 4.78 is 33.3. The predicted molar refractivity (Wildman–Crippen MR) is 92.8 cm³/mol. The largest absolute Gasteiger partial charge is 0.497 e. The van der Waals surface area contributed by atoms with Crippen molar-refractivity contribution >= 4 is 11.6 Å². The van der Waals surface area contributed by atoms with Crippen LogP contribution in [0.25, 0.3) is 0 Å². The number of rotatable bonds is 5. The van der Waals surface area contributed by atoms with E-state index in [2.05, 4.69) is 15.4 Å². The number of methoxy groups -OCH3 is 1. The van der Waals surface area contributed by atoms with Gasteiger partial charge < -0.3 is 10.1 Å². The molecule has 0 amide bonds. The standard InChI is InChI=1S/C18H16F2N4O2/c1-11-5-15(26-2)3-4-16(11)22-18-23-17(25)9-21-24(18)10-12-6-13(19)8-14(20)7-12/h3-9H,10H2,1-2H3,(H,22,23,25). The highest BCUT2D eigenvalue weighted by Crippen LogP contribution is 2.23. The molecule has 0 fully saturated rings. The Morgan fingerprint density at radius 1 is 1.15 bits per heavy atom. The molecule has 0 spiro atoms. The third kappa shape index (κ3) is 4.02. The number of nitrogens with one attached hydrogen (secondary N) is 1. The van der Waals surface area contributed by atoms with Gasteiger partial charge in [-0.05, 0) is 48.4 Å². The first-order chi connectivity index (χ1) is 12.4. The number of ether oxygens (including phenoxy) is 1. The van der Waals surface area contributed by atoms with Gasteiger partial charge in [-0.1, -0.05) is 0 Å². The van der Waals surface area contributed by atoms with Crippen LogP contribution in [0.15, 0.2) is 47.4 Å². The van der Waals surface area contributed by atoms with Gasteiger partial charge in [0.25, 0.3) is 5.56 Å². The van der Waals surface area contributed by atoms with E-state index in [1.54, 1.807) is 19.2 Å². The molecule has 1 heterocycles. The van der Waals surface area contributed by atoms with Crippen molar-refractivity contribution in [1.29, 1.82) is 0 Å². The first-order valence-electron chi connectivity index (χ1n) is 7.75. The first kappa shape index (κ1) is 17.5. The Bertz CT molecular complexity index is 984. The molecule has 0 radical (unpaired) electrons. The Morgan fingerprint density at radius 3 is 2.54 bits per heavy atom. The fourth-order valence-electron chi connectivity index (χ4n) is 2.47. The maximum Gasteiger partial charge on any atom is 0.293 e. The topological polar surface area (TPSA) is 69.0 Å². The van der Waals surface area contributed by atoms with E-state index >= 15 is 0 Å². The maximum absolute atomic E-state index is 13.4. The van der Waals surface area contributed by atoms with Gasteiger partial charge in [0.1, 0.15) is 23.6 Å². The summed E-state index contributed by atoms with van der Waals surface area (Å²) in [6.07, 6.45) is 1.04. The molecule has 3 rings (SSSR count). The molecule has 8 heteroatoms. The SMILES string of the molecule is COc1ccc(Nc2nc(=O)cnn2Cc2cc(F)cc(F)c2)c(C)c1. The zero-order valence-corrected chi connectivity index (χ0v) is 14.2. The number of benzene rings is 2. The van der Waals surface area contributed by atoms with Crippen molar-refractivity contribution in [3.8, 4) is 5.75 Å². The molecule has 26 heavy (non-hydrogen) atoms. The molecule has 3 aromatic rings. The van der Waals surface area contributed by atoms with Crippen LogP contribution >= 0.6 is 0 Å². The first-order valence-corrected chi connectivity index (χ1v) is 7.75. The van der Waals surface area contributed by atoms with Crippen molar-refractivity contribution in [2.24, 2.45) is 0 Å². The van der Waals surface area contributed by atoms with E-state index in [4.69, 9.17) is 4.74 Å². The Hall–Kier alpha value is -3.29. The zero-order chi connectivity index (χ0) is 18.7. The second-order valence-corrected chi connectivity index (χ2v) is 5.66. The van der Waals surface area contributed by atoms with Crippen molar-refractivity contribution in [2.75, 3.05) is 12.4 Å². The molecular formula is C18H16F2N4O2. The molecule has 6 nitrogen and oxygen atoms in total. The lowest BCUT2D eigenvalue weighted by atomic mass is 10.2. The highest BCUT2D eigenvalue weighted by Gasteiger charge is 2.10. The van der Waals surface area contributed by atoms with Gasteiger partial charge in [0, 0.05) is 11.8 Å². The number of halogens is 2. The predicted octanol–water partition coefficient (Wildman–Crippen LogP) is 3.03. The van der Waals surface area contributed by atoms with Gasteiger partial charge in [0.15, 0.2) is 0 Å². The normalized spacial score (nSPS) is 10.6. The summed E-state index contributed by atoms with van der Waals surface area (Å²) in [5, 5.41) is 7.03. The van der Waals surface area contributed by atoms with Crippen LogP contribution in [0.1, 0.15) is 11.1 Å². The van der Waals surface area contributed by atoms with Crippen LogP contribution in [0.3, 0.4) is 0 Å². The zero-order valence-electron chi connectivity index (χ0n) is 14.2. The quantitative estimate of drug-likeness (QED) is 0.759. The number of hydrogen-bond acceptors (Lipinski definition) is 5. The highest BCUT2D eigenvalue weighted by molar-refractivity contribution is 5.59. The van der Waals surface area contributed by atoms with Crippen molar-refractivity contribution in [3.63, 3.8) is 0 Å². The summed E-state index contributed by atoms with van der Waals surface area (Å²) in [6, 6.07) is 8.55. The molecule has 1 N–H and O–H groups in total. The fourth-order valence-corrected chi connectivity index (χ4v) is 2.47. The molecule has 0 saturated carbocycles. The Kier molecular flexibility index (Phi) is 4.92. The summed E-state index contributed by atoms with van der Waals surface area (Å²) in [7, 11) is 1.57. The minimum Gasteiger partial charge on any atom is -0.497 e. The minimum atomic E-state index is -0.686. The molecule has 0 aliphatic heterocycles. The van der Waals surface area contributed by atoms with E-state index in [9.17, 15) is 13.6 Å². The van der Waals surface area contributed by atoms with E-state index < -0.39 is 17.2 Å². The van der Waals surface area contributed by atoms with Gasteiger partial charge in [-0.25, -0.2) is 13.5 Å². The monoisotopic (exact) mass is 358 g/mol. The van der Waals surface area contributed by atoms with Gasteiger partial charge in [-0.3, -0.25) is 4.79 Å². The molecule has 0 saturated heterocycles. The second-order valence-electron chi connectivity index (χ2n) is 5.66. The molecule has 0 bridgehead atoms. The van der Waals surface area contributed by atoms with Crippen LogP contribution < -0.4 is 15.6 Å². The lowest BCUT2D eigenvalue weighted by Gasteiger charge is -2.14. The lowest BCUT2D eigenvalue weighted by molar-refractivity contribution is 0.414. The average Bonchev–Trinajstić information content (AvgIpc) is 2.58. The van der Waals surface area contributed by atoms with Crippen LogP contribution in [-0.4, -0.2) is 21.9 Å². The number of aromatic nitrogens is 3. The molecule has 0 atom stereocenters. The molecule has 1 aromatic heterocycles. The van der Waals surface area contributed by atoms with Gasteiger partial charge >= 0.3 is 0 Å². The Balaban J connectivity index is 1.94. The van der Waals surface area contributed by atoms with Crippen LogP contribution in [0.2, 0.25) is 0 Å².